The van der Waals surface area contributed by atoms with E-state index < -0.39 is 0 Å². The number of methoxy groups -OCH3 is 1. The van der Waals surface area contributed by atoms with E-state index in [1.165, 1.54) is 0 Å². The third-order valence-corrected chi connectivity index (χ3v) is 5.67. The average molecular weight is 397 g/mol. The van der Waals surface area contributed by atoms with E-state index in [1.807, 2.05) is 36.4 Å². The standard InChI is InChI=1S/C21H24N4O2S/c1-27-20-8-2-16(3-9-20)22-21-23-17(15-28-21)14-24-10-12-25(13-11-24)18-4-6-19(26)7-5-18/h2-9,15,26H,10-14H2,1H3,(H,22,23). The number of benzene rings is 2. The molecule has 28 heavy (non-hydrogen) atoms. The van der Waals surface area contributed by atoms with Gasteiger partial charge in [-0.2, -0.15) is 0 Å². The fourth-order valence-electron chi connectivity index (χ4n) is 3.29. The van der Waals surface area contributed by atoms with Crippen LogP contribution in [0.1, 0.15) is 5.69 Å². The van der Waals surface area contributed by atoms with E-state index in [0.717, 1.165) is 60.7 Å². The van der Waals surface area contributed by atoms with Crippen LogP contribution >= 0.6 is 11.3 Å². The van der Waals surface area contributed by atoms with Crippen LogP contribution in [0.15, 0.2) is 53.9 Å². The lowest BCUT2D eigenvalue weighted by Gasteiger charge is -2.35. The van der Waals surface area contributed by atoms with Gasteiger partial charge in [-0.3, -0.25) is 4.90 Å². The Morgan fingerprint density at radius 3 is 2.43 bits per heavy atom. The van der Waals surface area contributed by atoms with Gasteiger partial charge in [0.25, 0.3) is 0 Å². The molecule has 1 saturated heterocycles. The first-order chi connectivity index (χ1) is 13.7. The SMILES string of the molecule is COc1ccc(Nc2nc(CN3CCN(c4ccc(O)cc4)CC3)cs2)cc1. The number of aromatic hydroxyl groups is 1. The van der Waals surface area contributed by atoms with Gasteiger partial charge in [-0.1, -0.05) is 0 Å². The number of hydrogen-bond acceptors (Lipinski definition) is 7. The number of rotatable bonds is 6. The minimum atomic E-state index is 0.310. The number of nitrogens with one attached hydrogen (secondary N) is 1. The number of hydrogen-bond donors (Lipinski definition) is 2. The minimum Gasteiger partial charge on any atom is -0.508 e. The van der Waals surface area contributed by atoms with E-state index in [-0.39, 0.29) is 0 Å². The first-order valence-corrected chi connectivity index (χ1v) is 10.2. The molecule has 4 rings (SSSR count). The van der Waals surface area contributed by atoms with Gasteiger partial charge in [0, 0.05) is 49.5 Å². The molecule has 0 bridgehead atoms. The smallest absolute Gasteiger partial charge is 0.187 e. The van der Waals surface area contributed by atoms with Crippen molar-refractivity contribution in [2.45, 2.75) is 6.54 Å². The summed E-state index contributed by atoms with van der Waals surface area (Å²) in [7, 11) is 1.67. The zero-order valence-electron chi connectivity index (χ0n) is 15.8. The largest absolute Gasteiger partial charge is 0.508 e. The van der Waals surface area contributed by atoms with Crippen LogP contribution in [0.4, 0.5) is 16.5 Å². The number of phenols is 1. The van der Waals surface area contributed by atoms with Crippen molar-refractivity contribution in [2.24, 2.45) is 0 Å². The predicted octanol–water partition coefficient (Wildman–Crippen LogP) is 3.92. The van der Waals surface area contributed by atoms with E-state index in [0.29, 0.717) is 5.75 Å². The molecule has 0 unspecified atom stereocenters. The molecular formula is C21H24N4O2S. The van der Waals surface area contributed by atoms with Gasteiger partial charge in [-0.15, -0.1) is 11.3 Å². The summed E-state index contributed by atoms with van der Waals surface area (Å²) in [6.45, 7) is 4.82. The second-order valence-corrected chi connectivity index (χ2v) is 7.64. The molecule has 0 aliphatic carbocycles. The summed E-state index contributed by atoms with van der Waals surface area (Å²) in [5.41, 5.74) is 3.26. The fourth-order valence-corrected chi connectivity index (χ4v) is 4.01. The number of ether oxygens (including phenoxy) is 1. The summed E-state index contributed by atoms with van der Waals surface area (Å²) in [5, 5.41) is 15.8. The molecule has 0 radical (unpaired) electrons. The third kappa shape index (κ3) is 4.55. The van der Waals surface area contributed by atoms with Crippen molar-refractivity contribution in [3.63, 3.8) is 0 Å². The Balaban J connectivity index is 1.29. The highest BCUT2D eigenvalue weighted by molar-refractivity contribution is 7.13. The highest BCUT2D eigenvalue weighted by Crippen LogP contribution is 2.24. The number of phenolic OH excluding ortho intramolecular Hbond substituents is 1. The van der Waals surface area contributed by atoms with Crippen LogP contribution in [0.5, 0.6) is 11.5 Å². The first-order valence-electron chi connectivity index (χ1n) is 9.31. The Morgan fingerprint density at radius 1 is 1.04 bits per heavy atom. The topological polar surface area (TPSA) is 60.9 Å². The summed E-state index contributed by atoms with van der Waals surface area (Å²) in [6, 6.07) is 15.3. The van der Waals surface area contributed by atoms with Crippen LogP contribution in [-0.4, -0.2) is 48.3 Å². The molecule has 7 heteroatoms. The molecule has 2 aromatic carbocycles. The number of anilines is 3. The molecule has 2 N–H and O–H groups in total. The molecule has 6 nitrogen and oxygen atoms in total. The maximum absolute atomic E-state index is 9.44. The Kier molecular flexibility index (Phi) is 5.64. The Hall–Kier alpha value is -2.77. The van der Waals surface area contributed by atoms with Crippen molar-refractivity contribution in [1.82, 2.24) is 9.88 Å². The number of piperazine rings is 1. The van der Waals surface area contributed by atoms with Crippen LogP contribution < -0.4 is 15.0 Å². The van der Waals surface area contributed by atoms with Crippen LogP contribution in [0, 0.1) is 0 Å². The molecule has 2 heterocycles. The maximum atomic E-state index is 9.44. The summed E-state index contributed by atoms with van der Waals surface area (Å²) in [5.74, 6) is 1.15. The quantitative estimate of drug-likeness (QED) is 0.659. The Morgan fingerprint density at radius 2 is 1.75 bits per heavy atom. The maximum Gasteiger partial charge on any atom is 0.187 e. The number of thiazole rings is 1. The van der Waals surface area contributed by atoms with Crippen LogP contribution in [0.25, 0.3) is 0 Å². The molecule has 1 fully saturated rings. The van der Waals surface area contributed by atoms with Gasteiger partial charge in [0.15, 0.2) is 5.13 Å². The summed E-state index contributed by atoms with van der Waals surface area (Å²) in [4.78, 5) is 9.51. The van der Waals surface area contributed by atoms with Crippen molar-refractivity contribution in [1.29, 1.82) is 0 Å². The first kappa shape index (κ1) is 18.6. The molecule has 0 saturated carbocycles. The van der Waals surface area contributed by atoms with Crippen LogP contribution in [0.3, 0.4) is 0 Å². The van der Waals surface area contributed by atoms with Crippen molar-refractivity contribution >= 4 is 27.8 Å². The van der Waals surface area contributed by atoms with E-state index in [9.17, 15) is 5.11 Å². The van der Waals surface area contributed by atoms with Gasteiger partial charge < -0.3 is 20.1 Å². The van der Waals surface area contributed by atoms with E-state index in [2.05, 4.69) is 20.5 Å². The highest BCUT2D eigenvalue weighted by Gasteiger charge is 2.18. The lowest BCUT2D eigenvalue weighted by molar-refractivity contribution is 0.247. The second kappa shape index (κ2) is 8.50. The van der Waals surface area contributed by atoms with Crippen molar-refractivity contribution in [2.75, 3.05) is 43.5 Å². The van der Waals surface area contributed by atoms with Gasteiger partial charge in [-0.25, -0.2) is 4.98 Å². The van der Waals surface area contributed by atoms with Crippen molar-refractivity contribution in [3.8, 4) is 11.5 Å². The molecule has 3 aromatic rings. The fraction of sp³-hybridized carbons (Fsp3) is 0.286. The van der Waals surface area contributed by atoms with Crippen LogP contribution in [0.2, 0.25) is 0 Å². The lowest BCUT2D eigenvalue weighted by atomic mass is 10.2. The minimum absolute atomic E-state index is 0.310. The summed E-state index contributed by atoms with van der Waals surface area (Å²) >= 11 is 1.63. The van der Waals surface area contributed by atoms with Gasteiger partial charge in [0.1, 0.15) is 11.5 Å². The average Bonchev–Trinajstić information content (AvgIpc) is 3.16. The number of aromatic nitrogens is 1. The molecule has 0 amide bonds. The van der Waals surface area contributed by atoms with Gasteiger partial charge >= 0.3 is 0 Å². The highest BCUT2D eigenvalue weighted by atomic mass is 32.1. The molecule has 0 spiro atoms. The second-order valence-electron chi connectivity index (χ2n) is 6.78. The van der Waals surface area contributed by atoms with E-state index >= 15 is 0 Å². The van der Waals surface area contributed by atoms with E-state index in [1.54, 1.807) is 30.6 Å². The molecule has 1 aliphatic rings. The Bertz CT molecular complexity index is 888. The van der Waals surface area contributed by atoms with E-state index in [4.69, 9.17) is 9.72 Å². The molecular weight excluding hydrogens is 372 g/mol. The number of nitrogens with zero attached hydrogens (tertiary/aromatic N) is 3. The molecule has 1 aromatic heterocycles. The molecule has 146 valence electrons. The molecule has 1 aliphatic heterocycles. The van der Waals surface area contributed by atoms with Gasteiger partial charge in [0.2, 0.25) is 0 Å². The van der Waals surface area contributed by atoms with Crippen LogP contribution in [-0.2, 0) is 6.54 Å². The van der Waals surface area contributed by atoms with Gasteiger partial charge in [0.05, 0.1) is 12.8 Å². The van der Waals surface area contributed by atoms with Crippen molar-refractivity contribution < 1.29 is 9.84 Å². The predicted molar refractivity (Wildman–Crippen MR) is 114 cm³/mol. The third-order valence-electron chi connectivity index (χ3n) is 4.87. The summed E-state index contributed by atoms with van der Waals surface area (Å²) < 4.78 is 5.19. The zero-order chi connectivity index (χ0) is 19.3. The van der Waals surface area contributed by atoms with Gasteiger partial charge in [-0.05, 0) is 48.5 Å². The zero-order valence-corrected chi connectivity index (χ0v) is 16.7. The molecule has 0 atom stereocenters. The normalized spacial score (nSPS) is 14.8. The van der Waals surface area contributed by atoms with Crippen molar-refractivity contribution in [3.05, 3.63) is 59.6 Å². The Labute approximate surface area is 169 Å². The monoisotopic (exact) mass is 396 g/mol. The summed E-state index contributed by atoms with van der Waals surface area (Å²) in [6.07, 6.45) is 0. The lowest BCUT2D eigenvalue weighted by Crippen LogP contribution is -2.46.